The monoisotopic (exact) mass is 168 g/mol. The van der Waals surface area contributed by atoms with E-state index in [1.165, 1.54) is 0 Å². The van der Waals surface area contributed by atoms with E-state index in [0.29, 0.717) is 5.76 Å². The number of hydrogen-bond donors (Lipinski definition) is 1. The maximum atomic E-state index is 9.71. The number of rotatable bonds is 3. The molecule has 0 amide bonds. The van der Waals surface area contributed by atoms with Crippen LogP contribution < -0.4 is 0 Å². The Labute approximate surface area is 73.2 Å². The third-order valence-electron chi connectivity index (χ3n) is 2.24. The van der Waals surface area contributed by atoms with Crippen molar-refractivity contribution in [3.63, 3.8) is 0 Å². The molecule has 2 heteroatoms. The SMILES string of the molecule is CCC(C)C(O)c1ccc(C)o1. The van der Waals surface area contributed by atoms with Crippen molar-refractivity contribution < 1.29 is 9.52 Å². The van der Waals surface area contributed by atoms with Gasteiger partial charge in [-0.15, -0.1) is 0 Å². The molecule has 2 nitrogen and oxygen atoms in total. The third-order valence-corrected chi connectivity index (χ3v) is 2.24. The van der Waals surface area contributed by atoms with Gasteiger partial charge in [0.05, 0.1) is 0 Å². The zero-order chi connectivity index (χ0) is 9.14. The van der Waals surface area contributed by atoms with E-state index in [9.17, 15) is 5.11 Å². The summed E-state index contributed by atoms with van der Waals surface area (Å²) in [5.74, 6) is 1.80. The molecule has 12 heavy (non-hydrogen) atoms. The van der Waals surface area contributed by atoms with Crippen molar-refractivity contribution in [3.8, 4) is 0 Å². The third kappa shape index (κ3) is 1.89. The molecule has 1 N–H and O–H groups in total. The predicted molar refractivity (Wildman–Crippen MR) is 47.9 cm³/mol. The molecular formula is C10H16O2. The van der Waals surface area contributed by atoms with E-state index >= 15 is 0 Å². The number of aliphatic hydroxyl groups excluding tert-OH is 1. The Morgan fingerprint density at radius 3 is 2.58 bits per heavy atom. The number of hydrogen-bond acceptors (Lipinski definition) is 2. The van der Waals surface area contributed by atoms with Crippen LogP contribution in [-0.4, -0.2) is 5.11 Å². The number of aryl methyl sites for hydroxylation is 1. The van der Waals surface area contributed by atoms with Gasteiger partial charge in [-0.25, -0.2) is 0 Å². The molecule has 0 aliphatic rings. The van der Waals surface area contributed by atoms with Crippen LogP contribution in [0.15, 0.2) is 16.5 Å². The molecule has 1 rings (SSSR count). The Hall–Kier alpha value is -0.760. The number of furan rings is 1. The van der Waals surface area contributed by atoms with Crippen molar-refractivity contribution in [1.82, 2.24) is 0 Å². The van der Waals surface area contributed by atoms with Gasteiger partial charge in [0.1, 0.15) is 17.6 Å². The molecule has 0 bridgehead atoms. The largest absolute Gasteiger partial charge is 0.464 e. The van der Waals surface area contributed by atoms with Crippen LogP contribution in [0.2, 0.25) is 0 Å². The second-order valence-corrected chi connectivity index (χ2v) is 3.28. The Balaban J connectivity index is 2.70. The molecule has 1 aromatic heterocycles. The average Bonchev–Trinajstić information content (AvgIpc) is 2.49. The Kier molecular flexibility index (Phi) is 2.93. The van der Waals surface area contributed by atoms with Gasteiger partial charge in [0, 0.05) is 0 Å². The Bertz CT molecular complexity index is 240. The predicted octanol–water partition coefficient (Wildman–Crippen LogP) is 2.67. The first-order valence-electron chi connectivity index (χ1n) is 4.39. The molecule has 0 aliphatic carbocycles. The topological polar surface area (TPSA) is 33.4 Å². The van der Waals surface area contributed by atoms with Crippen LogP contribution in [0.4, 0.5) is 0 Å². The molecule has 0 aromatic carbocycles. The van der Waals surface area contributed by atoms with Gasteiger partial charge >= 0.3 is 0 Å². The standard InChI is InChI=1S/C10H16O2/c1-4-7(2)10(11)9-6-5-8(3)12-9/h5-7,10-11H,4H2,1-3H3. The maximum absolute atomic E-state index is 9.71. The fraction of sp³-hybridized carbons (Fsp3) is 0.600. The van der Waals surface area contributed by atoms with E-state index in [-0.39, 0.29) is 5.92 Å². The van der Waals surface area contributed by atoms with Gasteiger partial charge in [0.2, 0.25) is 0 Å². The molecule has 2 atom stereocenters. The minimum absolute atomic E-state index is 0.260. The summed E-state index contributed by atoms with van der Waals surface area (Å²) < 4.78 is 5.32. The van der Waals surface area contributed by atoms with Gasteiger partial charge < -0.3 is 9.52 Å². The lowest BCUT2D eigenvalue weighted by Crippen LogP contribution is -2.06. The van der Waals surface area contributed by atoms with E-state index in [4.69, 9.17) is 4.42 Å². The van der Waals surface area contributed by atoms with Crippen LogP contribution in [-0.2, 0) is 0 Å². The first-order valence-corrected chi connectivity index (χ1v) is 4.39. The van der Waals surface area contributed by atoms with Crippen LogP contribution >= 0.6 is 0 Å². The highest BCUT2D eigenvalue weighted by molar-refractivity contribution is 5.08. The van der Waals surface area contributed by atoms with Crippen molar-refractivity contribution in [2.24, 2.45) is 5.92 Å². The zero-order valence-electron chi connectivity index (χ0n) is 7.87. The van der Waals surface area contributed by atoms with Crippen LogP contribution in [0.3, 0.4) is 0 Å². The van der Waals surface area contributed by atoms with Gasteiger partial charge in [0.15, 0.2) is 0 Å². The van der Waals surface area contributed by atoms with E-state index in [2.05, 4.69) is 6.92 Å². The quantitative estimate of drug-likeness (QED) is 0.752. The fourth-order valence-corrected chi connectivity index (χ4v) is 1.12. The lowest BCUT2D eigenvalue weighted by atomic mass is 10.0. The summed E-state index contributed by atoms with van der Waals surface area (Å²) in [6.07, 6.45) is 0.504. The van der Waals surface area contributed by atoms with Gasteiger partial charge in [-0.05, 0) is 25.0 Å². The van der Waals surface area contributed by atoms with Gasteiger partial charge in [-0.3, -0.25) is 0 Å². The molecular weight excluding hydrogens is 152 g/mol. The minimum Gasteiger partial charge on any atom is -0.464 e. The molecule has 1 heterocycles. The molecule has 1 aromatic rings. The Morgan fingerprint density at radius 1 is 1.50 bits per heavy atom. The smallest absolute Gasteiger partial charge is 0.132 e. The second kappa shape index (κ2) is 3.76. The van der Waals surface area contributed by atoms with E-state index < -0.39 is 6.10 Å². The lowest BCUT2D eigenvalue weighted by molar-refractivity contribution is 0.0914. The van der Waals surface area contributed by atoms with Gasteiger partial charge in [0.25, 0.3) is 0 Å². The van der Waals surface area contributed by atoms with Gasteiger partial charge in [-0.2, -0.15) is 0 Å². The summed E-state index contributed by atoms with van der Waals surface area (Å²) in [7, 11) is 0. The van der Waals surface area contributed by atoms with Crippen molar-refractivity contribution >= 4 is 0 Å². The number of aliphatic hydroxyl groups is 1. The van der Waals surface area contributed by atoms with E-state index in [1.807, 2.05) is 26.0 Å². The van der Waals surface area contributed by atoms with E-state index in [0.717, 1.165) is 12.2 Å². The van der Waals surface area contributed by atoms with Crippen LogP contribution in [0, 0.1) is 12.8 Å². The van der Waals surface area contributed by atoms with Gasteiger partial charge in [-0.1, -0.05) is 20.3 Å². The molecule has 0 saturated carbocycles. The van der Waals surface area contributed by atoms with Crippen molar-refractivity contribution in [2.75, 3.05) is 0 Å². The van der Waals surface area contributed by atoms with E-state index in [1.54, 1.807) is 0 Å². The molecule has 0 aliphatic heterocycles. The first-order chi connectivity index (χ1) is 5.65. The highest BCUT2D eigenvalue weighted by atomic mass is 16.4. The van der Waals surface area contributed by atoms with Crippen molar-refractivity contribution in [2.45, 2.75) is 33.3 Å². The summed E-state index contributed by atoms with van der Waals surface area (Å²) in [4.78, 5) is 0. The van der Waals surface area contributed by atoms with Crippen molar-refractivity contribution in [1.29, 1.82) is 0 Å². The minimum atomic E-state index is -0.455. The summed E-state index contributed by atoms with van der Waals surface area (Å²) in [6, 6.07) is 3.72. The molecule has 0 fully saturated rings. The second-order valence-electron chi connectivity index (χ2n) is 3.28. The molecule has 2 unspecified atom stereocenters. The summed E-state index contributed by atoms with van der Waals surface area (Å²) in [5, 5.41) is 9.71. The highest BCUT2D eigenvalue weighted by Gasteiger charge is 2.17. The molecule has 0 radical (unpaired) electrons. The molecule has 0 spiro atoms. The zero-order valence-corrected chi connectivity index (χ0v) is 7.87. The normalized spacial score (nSPS) is 16.0. The molecule has 0 saturated heterocycles. The van der Waals surface area contributed by atoms with Crippen LogP contribution in [0.5, 0.6) is 0 Å². The average molecular weight is 168 g/mol. The highest BCUT2D eigenvalue weighted by Crippen LogP contribution is 2.25. The lowest BCUT2D eigenvalue weighted by Gasteiger charge is -2.13. The van der Waals surface area contributed by atoms with Crippen molar-refractivity contribution in [3.05, 3.63) is 23.7 Å². The summed E-state index contributed by atoms with van der Waals surface area (Å²) >= 11 is 0. The van der Waals surface area contributed by atoms with Crippen LogP contribution in [0.1, 0.15) is 37.9 Å². The Morgan fingerprint density at radius 2 is 2.17 bits per heavy atom. The summed E-state index contributed by atoms with van der Waals surface area (Å²) in [5.41, 5.74) is 0. The first kappa shape index (κ1) is 9.33. The summed E-state index contributed by atoms with van der Waals surface area (Å²) in [6.45, 7) is 5.96. The molecule has 68 valence electrons. The van der Waals surface area contributed by atoms with Crippen LogP contribution in [0.25, 0.3) is 0 Å². The fourth-order valence-electron chi connectivity index (χ4n) is 1.12. The maximum Gasteiger partial charge on any atom is 0.132 e.